The number of H-pyrrole nitrogens is 5. The van der Waals surface area contributed by atoms with Crippen LogP contribution in [0.1, 0.15) is 95.2 Å². The summed E-state index contributed by atoms with van der Waals surface area (Å²) in [6, 6.07) is 50.8. The average molecular weight is 1940 g/mol. The Balaban J connectivity index is 0.0000000963. The van der Waals surface area contributed by atoms with Crippen molar-refractivity contribution in [2.75, 3.05) is 165 Å². The molecule has 4 fully saturated rings. The number of anilines is 8. The lowest BCUT2D eigenvalue weighted by Crippen LogP contribution is -2.45. The van der Waals surface area contributed by atoms with Crippen molar-refractivity contribution in [2.24, 2.45) is 0 Å². The maximum absolute atomic E-state index is 13.6. The number of aryl methyl sites for hydroxylation is 1. The Bertz CT molecular complexity index is 7900. The minimum absolute atomic E-state index is 0.154. The van der Waals surface area contributed by atoms with E-state index < -0.39 is 0 Å². The number of pyridine rings is 1. The number of nitrogens with zero attached hydrogens (tertiary/aromatic N) is 15. The van der Waals surface area contributed by atoms with E-state index in [1.54, 1.807) is 56.0 Å². The van der Waals surface area contributed by atoms with Gasteiger partial charge in [-0.25, -0.2) is 37.5 Å². The number of nitrogens with one attached hydrogen (secondary N) is 5. The second kappa shape index (κ2) is 38.2. The van der Waals surface area contributed by atoms with Crippen LogP contribution in [0.3, 0.4) is 0 Å². The normalized spacial score (nSPS) is 18.7. The first-order chi connectivity index (χ1) is 69.4. The third-order valence-electron chi connectivity index (χ3n) is 28.9. The first-order valence-electron chi connectivity index (χ1n) is 49.1. The minimum atomic E-state index is -0.209. The average Bonchev–Trinajstić information content (AvgIpc) is 1.62. The van der Waals surface area contributed by atoms with Crippen LogP contribution in [0, 0.1) is 23.3 Å². The van der Waals surface area contributed by atoms with E-state index in [0.29, 0.717) is 24.7 Å². The number of morpholine rings is 4. The molecule has 5 N–H and O–H groups in total. The summed E-state index contributed by atoms with van der Waals surface area (Å²) in [4.78, 5) is 69.1. The maximum Gasteiger partial charge on any atom is 0.298 e. The molecule has 728 valence electrons. The predicted octanol–water partition coefficient (Wildman–Crippen LogP) is 19.7. The smallest absolute Gasteiger partial charge is 0.298 e. The number of aromatic amines is 5. The summed E-state index contributed by atoms with van der Waals surface area (Å²) in [6.45, 7) is 23.2. The van der Waals surface area contributed by atoms with Gasteiger partial charge in [-0.15, -0.1) is 0 Å². The number of methoxy groups -OCH3 is 2. The number of aromatic nitrogens is 12. The predicted molar refractivity (Wildman–Crippen MR) is 546 cm³/mol. The number of halogens is 4. The Morgan fingerprint density at radius 3 is 1.34 bits per heavy atom. The molecule has 1 aliphatic carbocycles. The zero-order valence-corrected chi connectivity index (χ0v) is 80.4. The van der Waals surface area contributed by atoms with Gasteiger partial charge in [0.25, 0.3) is 18.0 Å². The van der Waals surface area contributed by atoms with Crippen molar-refractivity contribution in [2.45, 2.75) is 116 Å². The van der Waals surface area contributed by atoms with E-state index in [4.69, 9.17) is 66.6 Å². The van der Waals surface area contributed by atoms with Gasteiger partial charge in [-0.05, 0) is 191 Å². The molecule has 8 aromatic carbocycles. The molecule has 0 radical (unpaired) electrons. The fourth-order valence-electron chi connectivity index (χ4n) is 21.7. The molecule has 9 aliphatic rings. The summed E-state index contributed by atoms with van der Waals surface area (Å²) in [5.41, 5.74) is 26.4. The lowest BCUT2D eigenvalue weighted by Gasteiger charge is -2.34. The van der Waals surface area contributed by atoms with Crippen LogP contribution in [0.2, 0.25) is 0 Å². The number of oxazole rings is 3. The van der Waals surface area contributed by atoms with Crippen LogP contribution in [-0.2, 0) is 83.7 Å². The third kappa shape index (κ3) is 18.0. The van der Waals surface area contributed by atoms with Crippen molar-refractivity contribution in [1.82, 2.24) is 59.8 Å². The molecule has 19 aromatic rings. The second-order valence-corrected chi connectivity index (χ2v) is 39.0. The highest BCUT2D eigenvalue weighted by Gasteiger charge is 2.34. The van der Waals surface area contributed by atoms with Crippen molar-refractivity contribution < 1.29 is 59.2 Å². The molecule has 0 spiro atoms. The maximum atomic E-state index is 13.6. The van der Waals surface area contributed by atoms with Crippen LogP contribution >= 0.6 is 11.3 Å². The van der Waals surface area contributed by atoms with Crippen molar-refractivity contribution in [1.29, 1.82) is 0 Å². The highest BCUT2D eigenvalue weighted by Crippen LogP contribution is 2.43. The van der Waals surface area contributed by atoms with E-state index in [-0.39, 0.29) is 47.5 Å². The zero-order chi connectivity index (χ0) is 95.9. The van der Waals surface area contributed by atoms with Gasteiger partial charge in [0.05, 0.1) is 83.5 Å². The van der Waals surface area contributed by atoms with Gasteiger partial charge in [-0.3, -0.25) is 0 Å². The van der Waals surface area contributed by atoms with Gasteiger partial charge in [-0.2, -0.15) is 15.0 Å². The number of hydrogen-bond donors (Lipinski definition) is 5. The van der Waals surface area contributed by atoms with E-state index >= 15 is 0 Å². The van der Waals surface area contributed by atoms with Gasteiger partial charge < -0.3 is 106 Å². The third-order valence-corrected chi connectivity index (χ3v) is 29.9. The van der Waals surface area contributed by atoms with Crippen molar-refractivity contribution in [3.8, 4) is 11.5 Å². The van der Waals surface area contributed by atoms with Crippen LogP contribution < -0.4 is 48.7 Å². The van der Waals surface area contributed by atoms with E-state index in [2.05, 4.69) is 143 Å². The number of ether oxygens (including phenoxy) is 6. The molecule has 11 aromatic heterocycles. The number of thiazole rings is 1. The molecular formula is C108H108F4N20O9S. The van der Waals surface area contributed by atoms with Crippen LogP contribution in [0.15, 0.2) is 183 Å². The molecule has 0 bridgehead atoms. The van der Waals surface area contributed by atoms with Gasteiger partial charge >= 0.3 is 0 Å². The summed E-state index contributed by atoms with van der Waals surface area (Å²) in [5, 5.41) is 6.64. The molecule has 8 aliphatic heterocycles. The van der Waals surface area contributed by atoms with Crippen LogP contribution in [0.4, 0.5) is 63.6 Å². The molecule has 19 heterocycles. The summed E-state index contributed by atoms with van der Waals surface area (Å²) in [6.07, 6.45) is 10.6. The van der Waals surface area contributed by atoms with Crippen molar-refractivity contribution in [3.63, 3.8) is 0 Å². The highest BCUT2D eigenvalue weighted by atomic mass is 32.1. The lowest BCUT2D eigenvalue weighted by atomic mass is 9.86. The van der Waals surface area contributed by atoms with Gasteiger partial charge in [0.15, 0.2) is 21.9 Å². The second-order valence-electron chi connectivity index (χ2n) is 38.1. The summed E-state index contributed by atoms with van der Waals surface area (Å²) >= 11 is 1.63. The molecule has 0 amide bonds. The first kappa shape index (κ1) is 90.1. The molecular weight excluding hydrogens is 1830 g/mol. The van der Waals surface area contributed by atoms with E-state index in [1.807, 2.05) is 66.9 Å². The summed E-state index contributed by atoms with van der Waals surface area (Å²) < 4.78 is 105. The SMILES string of the molecule is COc1ccc(N2CCc3[nH]c4cc(F)ccc4c3C2)nc1.COc1cccc2c3c([nH]c12)CCN(c1ccc2oc(N4CCOCC4)nc2c1)C3.C[C@@H]1CN(c2nc3cc(N4CCc5[nH]c6cc(F)ccc6c5C4)ccc3o2)C[C@H](C)O1.C[C@H]1CN(c2nc3cc(N4CCc5[nH]c6cc(F)ccc6c5C4)ccc3o2)CCO1.Fc1ccc2c3c([nH]c2c1)CCC(c1ncc2nc(N4CCOCC4)sc2n1)C3. The van der Waals surface area contributed by atoms with Gasteiger partial charge in [0, 0.05) is 253 Å². The van der Waals surface area contributed by atoms with Gasteiger partial charge in [0.2, 0.25) is 0 Å². The van der Waals surface area contributed by atoms with Crippen molar-refractivity contribution >= 4 is 156 Å². The Morgan fingerprint density at radius 2 is 0.838 bits per heavy atom. The number of para-hydroxylation sites is 1. The molecule has 142 heavy (non-hydrogen) atoms. The number of fused-ring (bicyclic) bond motifs is 19. The van der Waals surface area contributed by atoms with Crippen LogP contribution in [0.25, 0.3) is 98.2 Å². The Hall–Kier alpha value is -14.5. The number of hydrogen-bond acceptors (Lipinski definition) is 25. The van der Waals surface area contributed by atoms with Crippen LogP contribution in [0.5, 0.6) is 11.5 Å². The van der Waals surface area contributed by atoms with E-state index in [9.17, 15) is 17.6 Å². The Labute approximate surface area is 818 Å². The molecule has 34 heteroatoms. The molecule has 4 saturated heterocycles. The molecule has 29 nitrogen and oxygen atoms in total. The van der Waals surface area contributed by atoms with E-state index in [1.165, 1.54) is 91.6 Å². The fraction of sp³-hybridized carbons (Fsp3) is 0.343. The Morgan fingerprint density at radius 1 is 0.380 bits per heavy atom. The monoisotopic (exact) mass is 1940 g/mol. The largest absolute Gasteiger partial charge is 0.495 e. The molecule has 4 atom stereocenters. The number of rotatable bonds is 11. The summed E-state index contributed by atoms with van der Waals surface area (Å²) in [7, 11) is 3.36. The Kier molecular flexibility index (Phi) is 24.2. The van der Waals surface area contributed by atoms with Gasteiger partial charge in [-0.1, -0.05) is 23.5 Å². The highest BCUT2D eigenvalue weighted by molar-refractivity contribution is 7.21. The number of benzene rings is 8. The quantitative estimate of drug-likeness (QED) is 0.0752. The molecule has 0 saturated carbocycles. The van der Waals surface area contributed by atoms with E-state index in [0.717, 1.165) is 309 Å². The minimum Gasteiger partial charge on any atom is -0.495 e. The topological polar surface area (TPSA) is 290 Å². The van der Waals surface area contributed by atoms with Crippen LogP contribution in [-0.4, -0.2) is 204 Å². The van der Waals surface area contributed by atoms with Gasteiger partial charge in [0.1, 0.15) is 73.3 Å². The first-order valence-corrected chi connectivity index (χ1v) is 49.9. The molecule has 1 unspecified atom stereocenters. The fourth-order valence-corrected chi connectivity index (χ4v) is 22.7. The molecule has 28 rings (SSSR count). The summed E-state index contributed by atoms with van der Waals surface area (Å²) in [5.74, 6) is 2.91. The zero-order valence-electron chi connectivity index (χ0n) is 79.6. The van der Waals surface area contributed by atoms with Crippen molar-refractivity contribution in [3.05, 3.63) is 255 Å². The standard InChI is InChI=1S/C24H25FN4O2.C23H23FN4O2.C23H24N4O3.C21H20FN5OS.C17H16FN3O/c1-14-11-29(12-15(2)30-14)24-27-22-10-17(4-6-23(22)31-24)28-8-7-20-19(13-28)18-5-3-16(25)9-21(18)26-20;1-14-12-28(8-9-29-14)23-26-21-11-16(3-5-22(21)30-23)27-7-6-19-18(13-27)17-4-2-15(24)10-20(17)25-19;1-28-21-4-2-3-16-17-14-27(8-7-18(17)24-22(16)21)15-5-6-20-19(13-15)25-23(30-20)26-9-11-29-12-10-26;22-13-2-3-14-15-9-12(1-4-16(15)24-17(14)10-13)19-23-11-18-20(26-19)29-21(25-18)27-5-7-28-8-6-27;1-22-12-3-5-17(19-9-12)21-7-6-15-14(10-21)13-4-2-11(18)8-16(13)20-15/h3-6,9-10,14-15,26H,7-8,11-13H2,1-2H3;2-5,10-11,14,25H,6-9,12-13H2,1H3;2-6,13,24H,7-12,14H2,1H3;2-3,10-12,24H,1,4-9H2;2-5,8-9,20H,6-7,10H2,1H3/t14-,15+;14-;;;/m.0.../s1. The lowest BCUT2D eigenvalue weighted by molar-refractivity contribution is -0.00663.